The average molecular weight is 181 g/mol. The summed E-state index contributed by atoms with van der Waals surface area (Å²) in [6.07, 6.45) is 1.54. The second-order valence-corrected chi connectivity index (χ2v) is 3.44. The van der Waals surface area contributed by atoms with E-state index in [1.807, 2.05) is 20.8 Å². The van der Waals surface area contributed by atoms with E-state index in [-0.39, 0.29) is 11.9 Å². The number of hydrogen-bond donors (Lipinski definition) is 0. The molecule has 1 rings (SSSR count). The maximum absolute atomic E-state index is 11.7. The fourth-order valence-electron chi connectivity index (χ4n) is 0.987. The molecule has 0 aliphatic heterocycles. The Morgan fingerprint density at radius 1 is 1.54 bits per heavy atom. The highest BCUT2D eigenvalue weighted by atomic mass is 16.3. The van der Waals surface area contributed by atoms with E-state index in [1.165, 1.54) is 6.26 Å². The lowest BCUT2D eigenvalue weighted by molar-refractivity contribution is 0.0722. The van der Waals surface area contributed by atoms with Gasteiger partial charge in [-0.25, -0.2) is 0 Å². The summed E-state index contributed by atoms with van der Waals surface area (Å²) in [6.45, 7) is 5.80. The normalized spacial score (nSPS) is 10.5. The van der Waals surface area contributed by atoms with Crippen LogP contribution in [0, 0.1) is 6.92 Å². The Balaban J connectivity index is 2.86. The molecule has 3 heteroatoms. The molecule has 0 aliphatic carbocycles. The standard InChI is InChI=1S/C10H15NO2/c1-7(2)11(4)10(12)9-8(3)5-6-13-9/h5-7H,1-4H3. The van der Waals surface area contributed by atoms with E-state index in [0.717, 1.165) is 5.56 Å². The Kier molecular flexibility index (Phi) is 2.76. The van der Waals surface area contributed by atoms with E-state index in [0.29, 0.717) is 5.76 Å². The molecule has 0 saturated carbocycles. The van der Waals surface area contributed by atoms with E-state index < -0.39 is 0 Å². The van der Waals surface area contributed by atoms with E-state index in [2.05, 4.69) is 0 Å². The molecule has 1 heterocycles. The molecular weight excluding hydrogens is 166 g/mol. The smallest absolute Gasteiger partial charge is 0.289 e. The summed E-state index contributed by atoms with van der Waals surface area (Å²) in [5.41, 5.74) is 0.887. The van der Waals surface area contributed by atoms with Crippen molar-refractivity contribution in [1.82, 2.24) is 4.90 Å². The number of hydrogen-bond acceptors (Lipinski definition) is 2. The van der Waals surface area contributed by atoms with E-state index >= 15 is 0 Å². The van der Waals surface area contributed by atoms with Crippen LogP contribution < -0.4 is 0 Å². The second kappa shape index (κ2) is 3.64. The molecule has 0 spiro atoms. The maximum atomic E-state index is 11.7. The van der Waals surface area contributed by atoms with Gasteiger partial charge in [0.2, 0.25) is 0 Å². The van der Waals surface area contributed by atoms with Crippen LogP contribution in [0.5, 0.6) is 0 Å². The number of nitrogens with zero attached hydrogens (tertiary/aromatic N) is 1. The van der Waals surface area contributed by atoms with Gasteiger partial charge in [-0.05, 0) is 26.8 Å². The molecule has 0 N–H and O–H groups in total. The number of amides is 1. The van der Waals surface area contributed by atoms with Gasteiger partial charge in [0.1, 0.15) is 0 Å². The van der Waals surface area contributed by atoms with Crippen LogP contribution in [0.2, 0.25) is 0 Å². The Morgan fingerprint density at radius 2 is 2.15 bits per heavy atom. The molecule has 0 saturated heterocycles. The molecule has 72 valence electrons. The zero-order chi connectivity index (χ0) is 10.0. The van der Waals surface area contributed by atoms with Crippen molar-refractivity contribution in [3.63, 3.8) is 0 Å². The van der Waals surface area contributed by atoms with Crippen LogP contribution in [0.3, 0.4) is 0 Å². The minimum atomic E-state index is -0.0579. The highest BCUT2D eigenvalue weighted by Gasteiger charge is 2.18. The third kappa shape index (κ3) is 1.91. The lowest BCUT2D eigenvalue weighted by atomic mass is 10.2. The van der Waals surface area contributed by atoms with Crippen molar-refractivity contribution in [2.75, 3.05) is 7.05 Å². The minimum Gasteiger partial charge on any atom is -0.459 e. The van der Waals surface area contributed by atoms with Crippen LogP contribution in [-0.2, 0) is 0 Å². The van der Waals surface area contributed by atoms with Gasteiger partial charge in [0.25, 0.3) is 5.91 Å². The molecular formula is C10H15NO2. The first kappa shape index (κ1) is 9.84. The lowest BCUT2D eigenvalue weighted by Crippen LogP contribution is -2.33. The molecule has 1 amide bonds. The van der Waals surface area contributed by atoms with Crippen molar-refractivity contribution < 1.29 is 9.21 Å². The fourth-order valence-corrected chi connectivity index (χ4v) is 0.987. The molecule has 0 aliphatic rings. The van der Waals surface area contributed by atoms with Crippen LogP contribution in [-0.4, -0.2) is 23.9 Å². The molecule has 0 bridgehead atoms. The summed E-state index contributed by atoms with van der Waals surface area (Å²) in [6, 6.07) is 1.98. The zero-order valence-corrected chi connectivity index (χ0v) is 8.50. The summed E-state index contributed by atoms with van der Waals surface area (Å²) in [4.78, 5) is 13.4. The van der Waals surface area contributed by atoms with Gasteiger partial charge in [-0.15, -0.1) is 0 Å². The monoisotopic (exact) mass is 181 g/mol. The summed E-state index contributed by atoms with van der Waals surface area (Å²) < 4.78 is 5.11. The van der Waals surface area contributed by atoms with E-state index in [4.69, 9.17) is 4.42 Å². The van der Waals surface area contributed by atoms with Crippen molar-refractivity contribution >= 4 is 5.91 Å². The van der Waals surface area contributed by atoms with Gasteiger partial charge in [-0.2, -0.15) is 0 Å². The fraction of sp³-hybridized carbons (Fsp3) is 0.500. The van der Waals surface area contributed by atoms with Crippen molar-refractivity contribution in [2.45, 2.75) is 26.8 Å². The second-order valence-electron chi connectivity index (χ2n) is 3.44. The van der Waals surface area contributed by atoms with Crippen LogP contribution in [0.4, 0.5) is 0 Å². The number of rotatable bonds is 2. The van der Waals surface area contributed by atoms with Crippen molar-refractivity contribution in [3.05, 3.63) is 23.7 Å². The predicted octanol–water partition coefficient (Wildman–Crippen LogP) is 2.07. The van der Waals surface area contributed by atoms with E-state index in [9.17, 15) is 4.79 Å². The highest BCUT2D eigenvalue weighted by molar-refractivity contribution is 5.92. The largest absolute Gasteiger partial charge is 0.459 e. The SMILES string of the molecule is Cc1ccoc1C(=O)N(C)C(C)C. The molecule has 1 aromatic rings. The Hall–Kier alpha value is -1.25. The molecule has 0 atom stereocenters. The average Bonchev–Trinajstić information content (AvgIpc) is 2.48. The molecule has 0 fully saturated rings. The number of carbonyl (C=O) groups is 1. The van der Waals surface area contributed by atoms with Gasteiger partial charge in [0.15, 0.2) is 5.76 Å². The first-order chi connectivity index (χ1) is 6.04. The molecule has 1 aromatic heterocycles. The quantitative estimate of drug-likeness (QED) is 0.699. The van der Waals surface area contributed by atoms with Gasteiger partial charge in [-0.3, -0.25) is 4.79 Å². The van der Waals surface area contributed by atoms with Gasteiger partial charge >= 0.3 is 0 Å². The zero-order valence-electron chi connectivity index (χ0n) is 8.50. The van der Waals surface area contributed by atoms with Crippen molar-refractivity contribution in [2.24, 2.45) is 0 Å². The lowest BCUT2D eigenvalue weighted by Gasteiger charge is -2.20. The van der Waals surface area contributed by atoms with Crippen LogP contribution in [0.1, 0.15) is 30.0 Å². The van der Waals surface area contributed by atoms with Gasteiger partial charge in [0, 0.05) is 18.7 Å². The summed E-state index contributed by atoms with van der Waals surface area (Å²) in [5.74, 6) is 0.383. The summed E-state index contributed by atoms with van der Waals surface area (Å²) in [5, 5.41) is 0. The molecule has 0 unspecified atom stereocenters. The highest BCUT2D eigenvalue weighted by Crippen LogP contribution is 2.12. The van der Waals surface area contributed by atoms with Gasteiger partial charge in [0.05, 0.1) is 6.26 Å². The molecule has 3 nitrogen and oxygen atoms in total. The van der Waals surface area contributed by atoms with Crippen LogP contribution in [0.25, 0.3) is 0 Å². The molecule has 13 heavy (non-hydrogen) atoms. The van der Waals surface area contributed by atoms with Crippen LogP contribution in [0.15, 0.2) is 16.7 Å². The predicted molar refractivity (Wildman–Crippen MR) is 50.7 cm³/mol. The van der Waals surface area contributed by atoms with Crippen LogP contribution >= 0.6 is 0 Å². The minimum absolute atomic E-state index is 0.0579. The number of furan rings is 1. The third-order valence-electron chi connectivity index (χ3n) is 2.15. The number of carbonyl (C=O) groups excluding carboxylic acids is 1. The van der Waals surface area contributed by atoms with Crippen molar-refractivity contribution in [1.29, 1.82) is 0 Å². The Labute approximate surface area is 78.3 Å². The van der Waals surface area contributed by atoms with Gasteiger partial charge < -0.3 is 9.32 Å². The first-order valence-corrected chi connectivity index (χ1v) is 4.35. The Morgan fingerprint density at radius 3 is 2.54 bits per heavy atom. The molecule has 0 aromatic carbocycles. The topological polar surface area (TPSA) is 33.5 Å². The Bertz CT molecular complexity index is 302. The summed E-state index contributed by atoms with van der Waals surface area (Å²) >= 11 is 0. The summed E-state index contributed by atoms with van der Waals surface area (Å²) in [7, 11) is 1.77. The van der Waals surface area contributed by atoms with Crippen molar-refractivity contribution in [3.8, 4) is 0 Å². The van der Waals surface area contributed by atoms with E-state index in [1.54, 1.807) is 18.0 Å². The number of aryl methyl sites for hydroxylation is 1. The van der Waals surface area contributed by atoms with Gasteiger partial charge in [-0.1, -0.05) is 0 Å². The maximum Gasteiger partial charge on any atom is 0.289 e. The first-order valence-electron chi connectivity index (χ1n) is 4.35. The molecule has 0 radical (unpaired) electrons. The third-order valence-corrected chi connectivity index (χ3v) is 2.15.